The third-order valence-corrected chi connectivity index (χ3v) is 3.30. The molecular weight excluding hydrogens is 241 g/mol. The molecule has 1 aromatic heterocycles. The fraction of sp³-hybridized carbons (Fsp3) is 0.267. The van der Waals surface area contributed by atoms with Crippen molar-refractivity contribution in [2.24, 2.45) is 0 Å². The minimum atomic E-state index is -0.181. The van der Waals surface area contributed by atoms with Gasteiger partial charge in [-0.05, 0) is 49.2 Å². The maximum absolute atomic E-state index is 13.3. The highest BCUT2D eigenvalue weighted by Crippen LogP contribution is 2.22. The van der Waals surface area contributed by atoms with Crippen LogP contribution in [-0.4, -0.2) is 12.0 Å². The third kappa shape index (κ3) is 3.09. The van der Waals surface area contributed by atoms with Crippen LogP contribution in [0.3, 0.4) is 0 Å². The first-order valence-corrected chi connectivity index (χ1v) is 6.23. The van der Waals surface area contributed by atoms with Crippen molar-refractivity contribution in [3.8, 4) is 0 Å². The average molecular weight is 259 g/mol. The molecule has 0 aliphatic carbocycles. The van der Waals surface area contributed by atoms with Crippen LogP contribution < -0.4 is 11.1 Å². The molecule has 1 heterocycles. The number of hydrogen-bond donors (Lipinski definition) is 2. The number of aryl methyl sites for hydroxylation is 1. The Hall–Kier alpha value is -1.94. The number of likely N-dealkylation sites (N-methyl/N-ethyl adjacent to an activating group) is 1. The molecule has 0 aliphatic heterocycles. The summed E-state index contributed by atoms with van der Waals surface area (Å²) in [5, 5.41) is 3.23. The van der Waals surface area contributed by atoms with Gasteiger partial charge >= 0.3 is 0 Å². The normalized spacial score (nSPS) is 12.4. The monoisotopic (exact) mass is 259 g/mol. The zero-order valence-corrected chi connectivity index (χ0v) is 11.2. The molecule has 2 aromatic rings. The van der Waals surface area contributed by atoms with Crippen LogP contribution in [0.4, 0.5) is 10.1 Å². The number of halogens is 1. The maximum atomic E-state index is 13.3. The van der Waals surface area contributed by atoms with Gasteiger partial charge in [0.15, 0.2) is 0 Å². The van der Waals surface area contributed by atoms with Crippen molar-refractivity contribution in [3.63, 3.8) is 0 Å². The fourth-order valence-corrected chi connectivity index (χ4v) is 2.10. The number of pyridine rings is 1. The van der Waals surface area contributed by atoms with Crippen molar-refractivity contribution < 1.29 is 4.39 Å². The summed E-state index contributed by atoms with van der Waals surface area (Å²) in [4.78, 5) is 4.09. The van der Waals surface area contributed by atoms with Gasteiger partial charge in [0.05, 0.1) is 0 Å². The third-order valence-electron chi connectivity index (χ3n) is 3.30. The van der Waals surface area contributed by atoms with E-state index < -0.39 is 0 Å². The smallest absolute Gasteiger partial charge is 0.126 e. The number of nitrogens with zero attached hydrogens (tertiary/aromatic N) is 1. The van der Waals surface area contributed by atoms with Crippen LogP contribution in [0.1, 0.15) is 22.7 Å². The van der Waals surface area contributed by atoms with Crippen LogP contribution >= 0.6 is 0 Å². The summed E-state index contributed by atoms with van der Waals surface area (Å²) in [5.41, 5.74) is 9.34. The van der Waals surface area contributed by atoms with Crippen LogP contribution in [0.15, 0.2) is 36.7 Å². The van der Waals surface area contributed by atoms with E-state index in [0.29, 0.717) is 5.56 Å². The predicted octanol–water partition coefficient (Wildman–Crippen LogP) is 2.61. The summed E-state index contributed by atoms with van der Waals surface area (Å²) in [6.45, 7) is 1.77. The Balaban J connectivity index is 2.25. The molecule has 1 atom stereocenters. The minimum absolute atomic E-state index is 0.0887. The molecule has 100 valence electrons. The van der Waals surface area contributed by atoms with Crippen molar-refractivity contribution >= 4 is 5.69 Å². The quantitative estimate of drug-likeness (QED) is 0.887. The highest BCUT2D eigenvalue weighted by Gasteiger charge is 2.13. The number of nitrogens with one attached hydrogen (secondary N) is 1. The van der Waals surface area contributed by atoms with E-state index in [4.69, 9.17) is 5.73 Å². The van der Waals surface area contributed by atoms with E-state index in [-0.39, 0.29) is 11.9 Å². The van der Waals surface area contributed by atoms with Crippen molar-refractivity contribution in [2.75, 3.05) is 12.8 Å². The largest absolute Gasteiger partial charge is 0.398 e. The number of hydrogen-bond acceptors (Lipinski definition) is 3. The molecule has 19 heavy (non-hydrogen) atoms. The van der Waals surface area contributed by atoms with Gasteiger partial charge in [-0.15, -0.1) is 0 Å². The first-order chi connectivity index (χ1) is 9.11. The molecule has 0 aliphatic rings. The second-order valence-electron chi connectivity index (χ2n) is 4.63. The Morgan fingerprint density at radius 2 is 2.16 bits per heavy atom. The SMILES string of the molecule is CNC(Cc1cnccc1N)c1ccc(F)c(C)c1. The lowest BCUT2D eigenvalue weighted by Crippen LogP contribution is -2.19. The molecular formula is C15H18FN3. The first-order valence-electron chi connectivity index (χ1n) is 6.23. The molecule has 0 fully saturated rings. The number of aromatic nitrogens is 1. The second kappa shape index (κ2) is 5.80. The minimum Gasteiger partial charge on any atom is -0.398 e. The number of anilines is 1. The molecule has 1 aromatic carbocycles. The zero-order chi connectivity index (χ0) is 13.8. The molecule has 3 nitrogen and oxygen atoms in total. The Bertz CT molecular complexity index is 569. The van der Waals surface area contributed by atoms with Gasteiger partial charge in [0.1, 0.15) is 5.82 Å². The van der Waals surface area contributed by atoms with Gasteiger partial charge in [0.2, 0.25) is 0 Å². The van der Waals surface area contributed by atoms with Crippen molar-refractivity contribution in [1.82, 2.24) is 10.3 Å². The lowest BCUT2D eigenvalue weighted by molar-refractivity contribution is 0.583. The van der Waals surface area contributed by atoms with E-state index in [2.05, 4.69) is 10.3 Å². The lowest BCUT2D eigenvalue weighted by atomic mass is 9.97. The van der Waals surface area contributed by atoms with E-state index in [1.165, 1.54) is 6.07 Å². The molecule has 2 rings (SSSR count). The van der Waals surface area contributed by atoms with Crippen molar-refractivity contribution in [1.29, 1.82) is 0 Å². The van der Waals surface area contributed by atoms with E-state index in [1.54, 1.807) is 31.5 Å². The molecule has 0 saturated carbocycles. The van der Waals surface area contributed by atoms with Gasteiger partial charge in [-0.1, -0.05) is 12.1 Å². The van der Waals surface area contributed by atoms with E-state index in [0.717, 1.165) is 23.2 Å². The Morgan fingerprint density at radius 1 is 1.37 bits per heavy atom. The lowest BCUT2D eigenvalue weighted by Gasteiger charge is -2.18. The van der Waals surface area contributed by atoms with E-state index >= 15 is 0 Å². The molecule has 0 amide bonds. The summed E-state index contributed by atoms with van der Waals surface area (Å²) < 4.78 is 13.3. The van der Waals surface area contributed by atoms with Crippen molar-refractivity contribution in [3.05, 3.63) is 59.2 Å². The average Bonchev–Trinajstić information content (AvgIpc) is 2.41. The van der Waals surface area contributed by atoms with Gasteiger partial charge < -0.3 is 11.1 Å². The van der Waals surface area contributed by atoms with Crippen LogP contribution in [0.25, 0.3) is 0 Å². The standard InChI is InChI=1S/C15H18FN3/c1-10-7-11(3-4-13(10)16)15(18-2)8-12-9-19-6-5-14(12)17/h3-7,9,15,18H,8H2,1-2H3,(H2,17,19). The predicted molar refractivity (Wildman–Crippen MR) is 75.3 cm³/mol. The second-order valence-corrected chi connectivity index (χ2v) is 4.63. The molecule has 1 unspecified atom stereocenters. The summed E-state index contributed by atoms with van der Waals surface area (Å²) >= 11 is 0. The van der Waals surface area contributed by atoms with Gasteiger partial charge in [-0.3, -0.25) is 4.98 Å². The Kier molecular flexibility index (Phi) is 4.12. The number of benzene rings is 1. The topological polar surface area (TPSA) is 50.9 Å². The molecule has 0 spiro atoms. The van der Waals surface area contributed by atoms with Crippen LogP contribution in [0.5, 0.6) is 0 Å². The van der Waals surface area contributed by atoms with E-state index in [1.807, 2.05) is 13.1 Å². The van der Waals surface area contributed by atoms with Gasteiger partial charge in [-0.25, -0.2) is 4.39 Å². The Morgan fingerprint density at radius 3 is 2.79 bits per heavy atom. The van der Waals surface area contributed by atoms with Crippen LogP contribution in [0, 0.1) is 12.7 Å². The van der Waals surface area contributed by atoms with Crippen molar-refractivity contribution in [2.45, 2.75) is 19.4 Å². The van der Waals surface area contributed by atoms with Crippen LogP contribution in [0.2, 0.25) is 0 Å². The molecule has 0 saturated heterocycles. The van der Waals surface area contributed by atoms with Gasteiger partial charge in [-0.2, -0.15) is 0 Å². The summed E-state index contributed by atoms with van der Waals surface area (Å²) in [6, 6.07) is 7.05. The summed E-state index contributed by atoms with van der Waals surface area (Å²) in [5.74, 6) is -0.181. The van der Waals surface area contributed by atoms with Crippen LogP contribution in [-0.2, 0) is 6.42 Å². The molecule has 0 bridgehead atoms. The number of nitrogen functional groups attached to an aromatic ring is 1. The molecule has 4 heteroatoms. The number of rotatable bonds is 4. The van der Waals surface area contributed by atoms with Gasteiger partial charge in [0, 0.05) is 24.1 Å². The first kappa shape index (κ1) is 13.5. The highest BCUT2D eigenvalue weighted by atomic mass is 19.1. The Labute approximate surface area is 112 Å². The molecule has 3 N–H and O–H groups in total. The summed E-state index contributed by atoms with van der Waals surface area (Å²) in [7, 11) is 1.88. The maximum Gasteiger partial charge on any atom is 0.126 e. The highest BCUT2D eigenvalue weighted by molar-refractivity contribution is 5.45. The summed E-state index contributed by atoms with van der Waals surface area (Å²) in [6.07, 6.45) is 4.17. The number of nitrogens with two attached hydrogens (primary N) is 1. The van der Waals surface area contributed by atoms with Gasteiger partial charge in [0.25, 0.3) is 0 Å². The zero-order valence-electron chi connectivity index (χ0n) is 11.2. The fourth-order valence-electron chi connectivity index (χ4n) is 2.10. The van der Waals surface area contributed by atoms with E-state index in [9.17, 15) is 4.39 Å². The molecule has 0 radical (unpaired) electrons.